The van der Waals surface area contributed by atoms with Gasteiger partial charge in [-0.25, -0.2) is 19.6 Å². The highest BCUT2D eigenvalue weighted by molar-refractivity contribution is 7.98. The molecule has 4 rings (SSSR count). The zero-order valence-electron chi connectivity index (χ0n) is 31.3. The summed E-state index contributed by atoms with van der Waals surface area (Å²) in [6.07, 6.45) is 0.323. The predicted octanol–water partition coefficient (Wildman–Crippen LogP) is 3.21. The van der Waals surface area contributed by atoms with Crippen LogP contribution in [0.1, 0.15) is 44.5 Å². The number of ether oxygens (including phenoxy) is 3. The van der Waals surface area contributed by atoms with E-state index in [1.807, 2.05) is 6.07 Å². The van der Waals surface area contributed by atoms with Crippen LogP contribution in [0.3, 0.4) is 0 Å². The number of nitriles is 2. The Morgan fingerprint density at radius 3 is 2.00 bits per heavy atom. The Kier molecular flexibility index (Phi) is 15.4. The number of anilines is 1. The van der Waals surface area contributed by atoms with Crippen molar-refractivity contribution in [2.24, 2.45) is 11.5 Å². The molecule has 0 spiro atoms. The number of aromatic nitrogens is 2. The lowest BCUT2D eigenvalue weighted by molar-refractivity contribution is -0.163. The fourth-order valence-corrected chi connectivity index (χ4v) is 5.83. The second kappa shape index (κ2) is 20.1. The molecule has 0 fully saturated rings. The number of halogens is 1. The first-order valence-corrected chi connectivity index (χ1v) is 18.7. The number of oxazole rings is 1. The van der Waals surface area contributed by atoms with Crippen LogP contribution in [0, 0.1) is 22.7 Å². The van der Waals surface area contributed by atoms with Gasteiger partial charge in [0.05, 0.1) is 23.3 Å². The van der Waals surface area contributed by atoms with E-state index in [0.29, 0.717) is 22.2 Å². The molecule has 0 saturated carbocycles. The molecule has 0 aliphatic heterocycles. The lowest BCUT2D eigenvalue weighted by atomic mass is 9.97. The molecule has 0 radical (unpaired) electrons. The van der Waals surface area contributed by atoms with Gasteiger partial charge in [0, 0.05) is 21.9 Å². The van der Waals surface area contributed by atoms with Crippen molar-refractivity contribution >= 4 is 52.9 Å². The molecule has 17 nitrogen and oxygen atoms in total. The molecular weight excluding hydrogens is 778 g/mol. The van der Waals surface area contributed by atoms with E-state index in [-0.39, 0.29) is 45.6 Å². The molecule has 57 heavy (non-hydrogen) atoms. The molecule has 298 valence electrons. The molecular formula is C38H40ClN9O8S. The number of esters is 2. The number of nitrogens with two attached hydrogens (primary N) is 3. The molecule has 2 heterocycles. The molecule has 1 unspecified atom stereocenters. The van der Waals surface area contributed by atoms with Gasteiger partial charge in [-0.15, -0.1) is 0 Å². The smallest absolute Gasteiger partial charge is 0.328 e. The molecule has 2 amide bonds. The average Bonchev–Trinajstić information content (AvgIpc) is 3.66. The molecule has 19 heteroatoms. The summed E-state index contributed by atoms with van der Waals surface area (Å²) in [5.74, 6) is -1.98. The van der Waals surface area contributed by atoms with E-state index in [1.165, 1.54) is 45.7 Å². The molecule has 5 atom stereocenters. The molecule has 2 aromatic carbocycles. The summed E-state index contributed by atoms with van der Waals surface area (Å²) < 4.78 is 22.3. The minimum absolute atomic E-state index is 0.00130. The van der Waals surface area contributed by atoms with Gasteiger partial charge < -0.3 is 46.5 Å². The molecule has 8 N–H and O–H groups in total. The fraction of sp³-hybridized carbons (Fsp3) is 0.316. The molecule has 0 aliphatic carbocycles. The summed E-state index contributed by atoms with van der Waals surface area (Å²) in [5, 5.41) is 26.0. The van der Waals surface area contributed by atoms with Gasteiger partial charge in [-0.1, -0.05) is 35.5 Å². The number of benzene rings is 2. The van der Waals surface area contributed by atoms with Gasteiger partial charge in [0.1, 0.15) is 65.9 Å². The highest BCUT2D eigenvalue weighted by atomic mass is 35.5. The maximum atomic E-state index is 12.9. The van der Waals surface area contributed by atoms with Crippen LogP contribution in [-0.2, 0) is 34.4 Å². The van der Waals surface area contributed by atoms with E-state index in [1.54, 1.807) is 48.5 Å². The Bertz CT molecular complexity index is 2170. The largest absolute Gasteiger partial charge is 0.490 e. The van der Waals surface area contributed by atoms with Gasteiger partial charge in [-0.2, -0.15) is 10.5 Å². The first kappa shape index (κ1) is 43.5. The molecule has 0 saturated heterocycles. The minimum atomic E-state index is -1.17. The third kappa shape index (κ3) is 11.9. The monoisotopic (exact) mass is 817 g/mol. The van der Waals surface area contributed by atoms with Gasteiger partial charge in [0.25, 0.3) is 0 Å². The van der Waals surface area contributed by atoms with E-state index >= 15 is 0 Å². The first-order chi connectivity index (χ1) is 27.1. The predicted molar refractivity (Wildman–Crippen MR) is 209 cm³/mol. The molecule has 4 aromatic rings. The van der Waals surface area contributed by atoms with Crippen LogP contribution in [-0.4, -0.2) is 77.2 Å². The van der Waals surface area contributed by atoms with E-state index in [9.17, 15) is 29.7 Å². The summed E-state index contributed by atoms with van der Waals surface area (Å²) in [6, 6.07) is 13.6. The van der Waals surface area contributed by atoms with Crippen molar-refractivity contribution in [1.29, 1.82) is 10.5 Å². The normalized spacial score (nSPS) is 13.4. The maximum Gasteiger partial charge on any atom is 0.328 e. The zero-order chi connectivity index (χ0) is 41.8. The SMILES string of the molecule is CC(NC(=O)[C@@H](C)N)C(=O)O[C@@H](COC(=O)[C@@H](C)NC(=O)[C@@H](C)N)COc1ccc(-c2c(C#N)c(N)nc(SCc3coc(-c4ccc(Cl)cc4)n3)c2C#N)cc1. The van der Waals surface area contributed by atoms with Crippen LogP contribution in [0.2, 0.25) is 5.02 Å². The standard InChI is InChI=1S/C38H40ClN9O8S/c1-19(42)33(49)45-21(3)37(51)55-17-28(56-38(52)22(4)46-34(50)20(2)43)16-53-27-11-7-23(8-12-27)31-29(13-40)32(44)48-36(30(31)14-41)57-18-26-15-54-35(47-26)24-5-9-25(39)10-6-24/h5-12,15,19-22,28H,16-18,42-43H2,1-4H3,(H2,44,48)(H,45,49)(H,46,50)/t19-,20-,21-,22?,28-/m1/s1. The Balaban J connectivity index is 1.50. The molecule has 2 aromatic heterocycles. The number of nitrogens with zero attached hydrogens (tertiary/aromatic N) is 4. The third-order valence-corrected chi connectivity index (χ3v) is 9.20. The Hall–Kier alpha value is -6.18. The van der Waals surface area contributed by atoms with Crippen LogP contribution in [0.5, 0.6) is 5.75 Å². The van der Waals surface area contributed by atoms with Crippen molar-refractivity contribution in [2.45, 2.75) is 68.7 Å². The van der Waals surface area contributed by atoms with Crippen LogP contribution in [0.4, 0.5) is 5.82 Å². The fourth-order valence-electron chi connectivity index (χ4n) is 4.83. The number of pyridine rings is 1. The summed E-state index contributed by atoms with van der Waals surface area (Å²) >= 11 is 7.18. The number of carbonyl (C=O) groups excluding carboxylic acids is 4. The number of hydrogen-bond acceptors (Lipinski definition) is 16. The number of hydrogen-bond donors (Lipinski definition) is 5. The van der Waals surface area contributed by atoms with Crippen molar-refractivity contribution in [3.8, 4) is 40.5 Å². The highest BCUT2D eigenvalue weighted by Crippen LogP contribution is 2.37. The number of nitrogen functional groups attached to an aromatic ring is 1. The number of carbonyl (C=O) groups is 4. The van der Waals surface area contributed by atoms with Crippen LogP contribution < -0.4 is 32.6 Å². The maximum absolute atomic E-state index is 12.9. The van der Waals surface area contributed by atoms with Gasteiger partial charge in [0.15, 0.2) is 6.10 Å². The lowest BCUT2D eigenvalue weighted by Crippen LogP contribution is -2.48. The first-order valence-electron chi connectivity index (χ1n) is 17.3. The number of thioether (sulfide) groups is 1. The summed E-state index contributed by atoms with van der Waals surface area (Å²) in [5.41, 5.74) is 19.5. The van der Waals surface area contributed by atoms with E-state index in [4.69, 9.17) is 47.4 Å². The van der Waals surface area contributed by atoms with Crippen molar-refractivity contribution in [3.63, 3.8) is 0 Å². The van der Waals surface area contributed by atoms with Crippen LogP contribution in [0.15, 0.2) is 64.2 Å². The van der Waals surface area contributed by atoms with Gasteiger partial charge in [0.2, 0.25) is 17.7 Å². The number of amides is 2. The molecule has 0 aliphatic rings. The number of rotatable bonds is 17. The Labute approximate surface area is 337 Å². The minimum Gasteiger partial charge on any atom is -0.490 e. The van der Waals surface area contributed by atoms with Crippen molar-refractivity contribution in [2.75, 3.05) is 18.9 Å². The van der Waals surface area contributed by atoms with Crippen LogP contribution in [0.25, 0.3) is 22.6 Å². The van der Waals surface area contributed by atoms with Gasteiger partial charge in [-0.3, -0.25) is 9.59 Å². The second-order valence-corrected chi connectivity index (χ2v) is 14.1. The van der Waals surface area contributed by atoms with E-state index in [0.717, 1.165) is 5.56 Å². The second-order valence-electron chi connectivity index (χ2n) is 12.7. The number of nitrogens with one attached hydrogen (secondary N) is 2. The average molecular weight is 818 g/mol. The summed E-state index contributed by atoms with van der Waals surface area (Å²) in [4.78, 5) is 58.3. The van der Waals surface area contributed by atoms with Gasteiger partial charge in [-0.05, 0) is 69.7 Å². The lowest BCUT2D eigenvalue weighted by Gasteiger charge is -2.22. The quantitative estimate of drug-likeness (QED) is 0.0755. The van der Waals surface area contributed by atoms with Crippen molar-refractivity contribution < 1.29 is 37.8 Å². The third-order valence-electron chi connectivity index (χ3n) is 7.94. The van der Waals surface area contributed by atoms with Crippen molar-refractivity contribution in [3.05, 3.63) is 76.6 Å². The van der Waals surface area contributed by atoms with E-state index < -0.39 is 60.6 Å². The van der Waals surface area contributed by atoms with E-state index in [2.05, 4.69) is 26.7 Å². The van der Waals surface area contributed by atoms with Gasteiger partial charge >= 0.3 is 11.9 Å². The summed E-state index contributed by atoms with van der Waals surface area (Å²) in [7, 11) is 0. The summed E-state index contributed by atoms with van der Waals surface area (Å²) in [6.45, 7) is 4.90. The topological polar surface area (TPSA) is 285 Å². The Morgan fingerprint density at radius 1 is 0.842 bits per heavy atom. The highest BCUT2D eigenvalue weighted by Gasteiger charge is 2.27. The van der Waals surface area contributed by atoms with Crippen LogP contribution >= 0.6 is 23.4 Å². The Morgan fingerprint density at radius 2 is 1.42 bits per heavy atom. The molecule has 0 bridgehead atoms. The van der Waals surface area contributed by atoms with Crippen molar-refractivity contribution in [1.82, 2.24) is 20.6 Å². The zero-order valence-corrected chi connectivity index (χ0v) is 32.8.